The second-order valence-electron chi connectivity index (χ2n) is 14.7. The van der Waals surface area contributed by atoms with Crippen molar-refractivity contribution in [1.29, 1.82) is 0 Å². The summed E-state index contributed by atoms with van der Waals surface area (Å²) in [5.74, 6) is 4.87. The molecule has 3 nitrogen and oxygen atoms in total. The summed E-state index contributed by atoms with van der Waals surface area (Å²) in [6.45, 7) is 12.5. The van der Waals surface area contributed by atoms with Crippen LogP contribution in [0.15, 0.2) is 30.3 Å². The van der Waals surface area contributed by atoms with Gasteiger partial charge in [-0.15, -0.1) is 0 Å². The molecule has 0 amide bonds. The number of carbonyl (C=O) groups excluding carboxylic acids is 1. The number of benzene rings is 1. The zero-order valence-electron chi connectivity index (χ0n) is 24.0. The van der Waals surface area contributed by atoms with Gasteiger partial charge in [0.2, 0.25) is 0 Å². The van der Waals surface area contributed by atoms with Crippen molar-refractivity contribution in [2.75, 3.05) is 0 Å². The predicted molar refractivity (Wildman–Crippen MR) is 148 cm³/mol. The van der Waals surface area contributed by atoms with Crippen LogP contribution < -0.4 is 0 Å². The van der Waals surface area contributed by atoms with Crippen molar-refractivity contribution in [3.8, 4) is 0 Å². The average Bonchev–Trinajstić information content (AvgIpc) is 3.45. The highest BCUT2D eigenvalue weighted by molar-refractivity contribution is 5.89. The molecule has 204 valence electrons. The minimum Gasteiger partial charge on any atom is -0.459 e. The molecule has 4 aliphatic carbocycles. The van der Waals surface area contributed by atoms with Gasteiger partial charge in [-0.05, 0) is 98.0 Å². The summed E-state index contributed by atoms with van der Waals surface area (Å²) >= 11 is 0. The average molecular weight is 507 g/mol. The van der Waals surface area contributed by atoms with Crippen molar-refractivity contribution in [1.82, 2.24) is 0 Å². The highest BCUT2D eigenvalue weighted by Crippen LogP contribution is 2.74. The molecule has 1 saturated heterocycles. The Morgan fingerprint density at radius 1 is 1.00 bits per heavy atom. The minimum atomic E-state index is -0.176. The van der Waals surface area contributed by atoms with Crippen molar-refractivity contribution >= 4 is 5.97 Å². The van der Waals surface area contributed by atoms with Gasteiger partial charge >= 0.3 is 5.97 Å². The molecule has 0 radical (unpaired) electrons. The van der Waals surface area contributed by atoms with E-state index in [0.717, 1.165) is 54.8 Å². The second kappa shape index (κ2) is 9.39. The van der Waals surface area contributed by atoms with Crippen LogP contribution in [0.1, 0.15) is 116 Å². The molecule has 1 aliphatic heterocycles. The Kier molecular flexibility index (Phi) is 6.57. The van der Waals surface area contributed by atoms with Crippen LogP contribution >= 0.6 is 0 Å². The molecule has 1 heterocycles. The maximum atomic E-state index is 12.8. The number of ether oxygens (including phenoxy) is 2. The summed E-state index contributed by atoms with van der Waals surface area (Å²) in [6, 6.07) is 9.47. The number of carbonyl (C=O) groups is 1. The SMILES string of the molecule is CC(C)CCC[C@@H](C)[C@H]1CC[C@H]2[C@@H]3C[C@H]4O[C@@]45C[C@@H](OC(=O)c4ccccc4)CC[C@]5(C)[C@H]3CC[C@]12C. The Labute approximate surface area is 225 Å². The van der Waals surface area contributed by atoms with Gasteiger partial charge in [0.15, 0.2) is 0 Å². The zero-order chi connectivity index (χ0) is 26.0. The Bertz CT molecular complexity index is 988. The van der Waals surface area contributed by atoms with Crippen molar-refractivity contribution in [3.05, 3.63) is 35.9 Å². The molecule has 5 aliphatic rings. The van der Waals surface area contributed by atoms with Crippen molar-refractivity contribution in [2.24, 2.45) is 46.3 Å². The third-order valence-corrected chi connectivity index (χ3v) is 12.5. The van der Waals surface area contributed by atoms with Crippen LogP contribution in [-0.4, -0.2) is 23.8 Å². The molecule has 5 fully saturated rings. The smallest absolute Gasteiger partial charge is 0.338 e. The van der Waals surface area contributed by atoms with E-state index < -0.39 is 0 Å². The molecule has 4 saturated carbocycles. The lowest BCUT2D eigenvalue weighted by molar-refractivity contribution is -0.118. The first-order chi connectivity index (χ1) is 17.7. The summed E-state index contributed by atoms with van der Waals surface area (Å²) in [5.41, 5.74) is 1.36. The molecule has 0 unspecified atom stereocenters. The second-order valence-corrected chi connectivity index (χ2v) is 14.7. The van der Waals surface area contributed by atoms with Crippen LogP contribution in [0.2, 0.25) is 0 Å². The monoisotopic (exact) mass is 506 g/mol. The number of epoxide rings is 1. The van der Waals surface area contributed by atoms with E-state index in [1.54, 1.807) is 0 Å². The third kappa shape index (κ3) is 4.12. The molecule has 10 atom stereocenters. The van der Waals surface area contributed by atoms with E-state index >= 15 is 0 Å². The van der Waals surface area contributed by atoms with Gasteiger partial charge in [0.05, 0.1) is 11.7 Å². The van der Waals surface area contributed by atoms with Gasteiger partial charge in [0, 0.05) is 11.8 Å². The number of fused-ring (bicyclic) bond motifs is 4. The van der Waals surface area contributed by atoms with E-state index in [9.17, 15) is 4.79 Å². The van der Waals surface area contributed by atoms with Gasteiger partial charge in [0.25, 0.3) is 0 Å². The molecule has 37 heavy (non-hydrogen) atoms. The number of hydrogen-bond acceptors (Lipinski definition) is 3. The van der Waals surface area contributed by atoms with E-state index in [1.165, 1.54) is 51.4 Å². The zero-order valence-corrected chi connectivity index (χ0v) is 24.0. The van der Waals surface area contributed by atoms with Gasteiger partial charge in [-0.1, -0.05) is 72.1 Å². The van der Waals surface area contributed by atoms with E-state index in [4.69, 9.17) is 9.47 Å². The highest BCUT2D eigenvalue weighted by atomic mass is 16.6. The van der Waals surface area contributed by atoms with Crippen molar-refractivity contribution < 1.29 is 14.3 Å². The Morgan fingerprint density at radius 2 is 1.78 bits per heavy atom. The van der Waals surface area contributed by atoms with Crippen LogP contribution in [0.4, 0.5) is 0 Å². The molecule has 1 spiro atoms. The van der Waals surface area contributed by atoms with Gasteiger partial charge in [-0.2, -0.15) is 0 Å². The Morgan fingerprint density at radius 3 is 2.54 bits per heavy atom. The van der Waals surface area contributed by atoms with Crippen molar-refractivity contribution in [2.45, 2.75) is 123 Å². The van der Waals surface area contributed by atoms with Crippen LogP contribution in [0.5, 0.6) is 0 Å². The minimum absolute atomic E-state index is 0.0151. The molecular formula is C34H50O3. The van der Waals surface area contributed by atoms with Crippen LogP contribution in [0.25, 0.3) is 0 Å². The molecule has 1 aromatic carbocycles. The number of hydrogen-bond donors (Lipinski definition) is 0. The third-order valence-electron chi connectivity index (χ3n) is 12.5. The first-order valence-electron chi connectivity index (χ1n) is 15.6. The van der Waals surface area contributed by atoms with Crippen molar-refractivity contribution in [3.63, 3.8) is 0 Å². The molecular weight excluding hydrogens is 456 g/mol. The lowest BCUT2D eigenvalue weighted by atomic mass is 9.44. The van der Waals surface area contributed by atoms with Crippen LogP contribution in [-0.2, 0) is 9.47 Å². The fourth-order valence-electron chi connectivity index (χ4n) is 10.6. The van der Waals surface area contributed by atoms with Gasteiger partial charge in [-0.3, -0.25) is 0 Å². The quantitative estimate of drug-likeness (QED) is 0.275. The predicted octanol–water partition coefficient (Wildman–Crippen LogP) is 8.46. The maximum absolute atomic E-state index is 12.8. The van der Waals surface area contributed by atoms with Gasteiger partial charge in [-0.25, -0.2) is 4.79 Å². The fraction of sp³-hybridized carbons (Fsp3) is 0.794. The van der Waals surface area contributed by atoms with E-state index in [2.05, 4.69) is 34.6 Å². The summed E-state index contributed by atoms with van der Waals surface area (Å²) in [6.07, 6.45) is 14.5. The maximum Gasteiger partial charge on any atom is 0.338 e. The molecule has 0 aromatic heterocycles. The van der Waals surface area contributed by atoms with E-state index in [1.807, 2.05) is 30.3 Å². The molecule has 0 bridgehead atoms. The molecule has 6 rings (SSSR count). The number of esters is 1. The molecule has 1 aromatic rings. The van der Waals surface area contributed by atoms with E-state index in [-0.39, 0.29) is 23.1 Å². The van der Waals surface area contributed by atoms with E-state index in [0.29, 0.717) is 17.1 Å². The summed E-state index contributed by atoms with van der Waals surface area (Å²) in [4.78, 5) is 12.8. The lowest BCUT2D eigenvalue weighted by Crippen LogP contribution is -2.59. The lowest BCUT2D eigenvalue weighted by Gasteiger charge is -2.59. The topological polar surface area (TPSA) is 38.8 Å². The fourth-order valence-corrected chi connectivity index (χ4v) is 10.6. The van der Waals surface area contributed by atoms with Crippen LogP contribution in [0.3, 0.4) is 0 Å². The van der Waals surface area contributed by atoms with Crippen LogP contribution in [0, 0.1) is 46.3 Å². The first-order valence-corrected chi connectivity index (χ1v) is 15.6. The van der Waals surface area contributed by atoms with Gasteiger partial charge < -0.3 is 9.47 Å². The molecule has 0 N–H and O–H groups in total. The summed E-state index contributed by atoms with van der Waals surface area (Å²) in [7, 11) is 0. The van der Waals surface area contributed by atoms with Gasteiger partial charge in [0.1, 0.15) is 11.7 Å². The molecule has 3 heteroatoms. The largest absolute Gasteiger partial charge is 0.459 e. The summed E-state index contributed by atoms with van der Waals surface area (Å²) < 4.78 is 12.8. The first kappa shape index (κ1) is 25.9. The summed E-state index contributed by atoms with van der Waals surface area (Å²) in [5, 5.41) is 0. The Hall–Kier alpha value is -1.35. The normalized spacial score (nSPS) is 44.8. The Balaban J connectivity index is 1.14. The standard InChI is InChI=1S/C34H50O3/c1-22(2)10-9-11-23(3)27-14-15-28-26-20-30-34(37-30)21-25(36-31(35)24-12-7-6-8-13-24)16-19-33(34,5)29(26)17-18-32(27,28)4/h6-8,12-13,22-23,25-30H,9-11,14-21H2,1-5H3/t23-,25+,26+,27-,28+,29+,30-,32-,33-,34+/m1/s1. The number of rotatable bonds is 7. The highest BCUT2D eigenvalue weighted by Gasteiger charge is 2.76.